The zero-order valence-electron chi connectivity index (χ0n) is 11.4. The Kier molecular flexibility index (Phi) is 6.93. The normalized spacial score (nSPS) is 12.2. The van der Waals surface area contributed by atoms with Crippen LogP contribution in [0.5, 0.6) is 5.75 Å². The molecular formula is C14H20F2N2O2. The van der Waals surface area contributed by atoms with Gasteiger partial charge in [0.25, 0.3) is 0 Å². The van der Waals surface area contributed by atoms with Crippen LogP contribution in [0.1, 0.15) is 18.9 Å². The van der Waals surface area contributed by atoms with Crippen molar-refractivity contribution in [2.24, 2.45) is 11.7 Å². The average molecular weight is 286 g/mol. The first-order valence-electron chi connectivity index (χ1n) is 6.59. The van der Waals surface area contributed by atoms with E-state index in [0.717, 1.165) is 6.42 Å². The lowest BCUT2D eigenvalue weighted by molar-refractivity contribution is -0.124. The SMILES string of the molecule is CCCNC(=O)C(CN)Cc1ccccc1OC(F)F. The van der Waals surface area contributed by atoms with Gasteiger partial charge in [-0.05, 0) is 24.5 Å². The first kappa shape index (κ1) is 16.4. The average Bonchev–Trinajstić information content (AvgIpc) is 2.43. The lowest BCUT2D eigenvalue weighted by Gasteiger charge is -2.17. The van der Waals surface area contributed by atoms with Crippen LogP contribution in [0.2, 0.25) is 0 Å². The second kappa shape index (κ2) is 8.47. The van der Waals surface area contributed by atoms with Gasteiger partial charge in [0, 0.05) is 13.1 Å². The largest absolute Gasteiger partial charge is 0.435 e. The van der Waals surface area contributed by atoms with Crippen LogP contribution < -0.4 is 15.8 Å². The fraction of sp³-hybridized carbons (Fsp3) is 0.500. The fourth-order valence-corrected chi connectivity index (χ4v) is 1.82. The molecule has 0 radical (unpaired) electrons. The summed E-state index contributed by atoms with van der Waals surface area (Å²) in [6, 6.07) is 6.44. The van der Waals surface area contributed by atoms with E-state index in [0.29, 0.717) is 12.1 Å². The van der Waals surface area contributed by atoms with Gasteiger partial charge >= 0.3 is 6.61 Å². The second-order valence-corrected chi connectivity index (χ2v) is 4.41. The molecule has 0 aromatic heterocycles. The molecule has 0 bridgehead atoms. The number of nitrogens with two attached hydrogens (primary N) is 1. The molecule has 0 aliphatic carbocycles. The Bertz CT molecular complexity index is 427. The van der Waals surface area contributed by atoms with E-state index in [1.165, 1.54) is 6.07 Å². The summed E-state index contributed by atoms with van der Waals surface area (Å²) in [7, 11) is 0. The van der Waals surface area contributed by atoms with Gasteiger partial charge < -0.3 is 15.8 Å². The minimum atomic E-state index is -2.89. The molecule has 1 unspecified atom stereocenters. The van der Waals surface area contributed by atoms with Crippen LogP contribution in [0.15, 0.2) is 24.3 Å². The lowest BCUT2D eigenvalue weighted by Crippen LogP contribution is -2.36. The number of rotatable bonds is 8. The minimum absolute atomic E-state index is 0.0873. The zero-order valence-corrected chi connectivity index (χ0v) is 11.4. The van der Waals surface area contributed by atoms with E-state index >= 15 is 0 Å². The van der Waals surface area contributed by atoms with E-state index in [-0.39, 0.29) is 24.6 Å². The van der Waals surface area contributed by atoms with E-state index in [4.69, 9.17) is 5.73 Å². The number of benzene rings is 1. The summed E-state index contributed by atoms with van der Waals surface area (Å²) in [5, 5.41) is 2.76. The molecule has 0 heterocycles. The van der Waals surface area contributed by atoms with Gasteiger partial charge in [0.05, 0.1) is 5.92 Å². The Morgan fingerprint density at radius 1 is 1.40 bits per heavy atom. The smallest absolute Gasteiger partial charge is 0.387 e. The molecule has 0 saturated carbocycles. The standard InChI is InChI=1S/C14H20F2N2O2/c1-2-7-18-13(19)11(9-17)8-10-5-3-4-6-12(10)20-14(15)16/h3-6,11,14H,2,7-9,17H2,1H3,(H,18,19). The number of para-hydroxylation sites is 1. The molecule has 1 amide bonds. The summed E-state index contributed by atoms with van der Waals surface area (Å²) in [6.45, 7) is -0.214. The van der Waals surface area contributed by atoms with Crippen molar-refractivity contribution in [1.82, 2.24) is 5.32 Å². The first-order valence-corrected chi connectivity index (χ1v) is 6.59. The van der Waals surface area contributed by atoms with Crippen molar-refractivity contribution in [1.29, 1.82) is 0 Å². The predicted molar refractivity (Wildman–Crippen MR) is 72.6 cm³/mol. The van der Waals surface area contributed by atoms with E-state index in [2.05, 4.69) is 10.1 Å². The number of carbonyl (C=O) groups excluding carboxylic acids is 1. The summed E-state index contributed by atoms with van der Waals surface area (Å²) < 4.78 is 29.1. The van der Waals surface area contributed by atoms with Crippen LogP contribution in [0.25, 0.3) is 0 Å². The topological polar surface area (TPSA) is 64.4 Å². The van der Waals surface area contributed by atoms with Gasteiger partial charge in [-0.3, -0.25) is 4.79 Å². The summed E-state index contributed by atoms with van der Waals surface area (Å²) in [4.78, 5) is 11.9. The third-order valence-electron chi connectivity index (χ3n) is 2.86. The molecule has 0 fully saturated rings. The maximum atomic E-state index is 12.3. The predicted octanol–water partition coefficient (Wildman–Crippen LogP) is 1.93. The van der Waals surface area contributed by atoms with E-state index in [1.807, 2.05) is 6.92 Å². The third-order valence-corrected chi connectivity index (χ3v) is 2.86. The molecule has 6 heteroatoms. The molecule has 4 nitrogen and oxygen atoms in total. The molecule has 0 saturated heterocycles. The van der Waals surface area contributed by atoms with Gasteiger partial charge in [0.2, 0.25) is 5.91 Å². The molecule has 0 aliphatic heterocycles. The quantitative estimate of drug-likeness (QED) is 0.767. The minimum Gasteiger partial charge on any atom is -0.435 e. The second-order valence-electron chi connectivity index (χ2n) is 4.41. The number of carbonyl (C=O) groups is 1. The number of amides is 1. The molecule has 0 spiro atoms. The van der Waals surface area contributed by atoms with E-state index in [1.54, 1.807) is 18.2 Å². The van der Waals surface area contributed by atoms with Crippen molar-refractivity contribution in [2.45, 2.75) is 26.4 Å². The van der Waals surface area contributed by atoms with Crippen LogP contribution in [0, 0.1) is 5.92 Å². The number of hydrogen-bond acceptors (Lipinski definition) is 3. The highest BCUT2D eigenvalue weighted by molar-refractivity contribution is 5.79. The molecular weight excluding hydrogens is 266 g/mol. The van der Waals surface area contributed by atoms with Crippen molar-refractivity contribution in [2.75, 3.05) is 13.1 Å². The highest BCUT2D eigenvalue weighted by atomic mass is 19.3. The molecule has 112 valence electrons. The van der Waals surface area contributed by atoms with Crippen LogP contribution in [0.4, 0.5) is 8.78 Å². The number of ether oxygens (including phenoxy) is 1. The molecule has 3 N–H and O–H groups in total. The number of hydrogen-bond donors (Lipinski definition) is 2. The van der Waals surface area contributed by atoms with Crippen molar-refractivity contribution < 1.29 is 18.3 Å². The Labute approximate surface area is 117 Å². The summed E-state index contributed by atoms with van der Waals surface area (Å²) >= 11 is 0. The van der Waals surface area contributed by atoms with Gasteiger partial charge in [0.1, 0.15) is 5.75 Å². The van der Waals surface area contributed by atoms with Gasteiger partial charge in [-0.25, -0.2) is 0 Å². The number of alkyl halides is 2. The van der Waals surface area contributed by atoms with E-state index < -0.39 is 12.5 Å². The number of nitrogens with one attached hydrogen (secondary N) is 1. The van der Waals surface area contributed by atoms with Gasteiger partial charge in [-0.15, -0.1) is 0 Å². The molecule has 1 atom stereocenters. The third kappa shape index (κ3) is 5.13. The summed E-state index contributed by atoms with van der Waals surface area (Å²) in [5.74, 6) is -0.533. The highest BCUT2D eigenvalue weighted by Crippen LogP contribution is 2.23. The fourth-order valence-electron chi connectivity index (χ4n) is 1.82. The van der Waals surface area contributed by atoms with Crippen LogP contribution in [0.3, 0.4) is 0 Å². The van der Waals surface area contributed by atoms with Crippen LogP contribution >= 0.6 is 0 Å². The van der Waals surface area contributed by atoms with Gasteiger partial charge in [-0.1, -0.05) is 25.1 Å². The van der Waals surface area contributed by atoms with E-state index in [9.17, 15) is 13.6 Å². The first-order chi connectivity index (χ1) is 9.58. The van der Waals surface area contributed by atoms with Crippen molar-refractivity contribution >= 4 is 5.91 Å². The Morgan fingerprint density at radius 3 is 2.70 bits per heavy atom. The molecule has 0 aliphatic rings. The Balaban J connectivity index is 2.76. The zero-order chi connectivity index (χ0) is 15.0. The van der Waals surface area contributed by atoms with Crippen molar-refractivity contribution in [3.05, 3.63) is 29.8 Å². The molecule has 1 aromatic rings. The highest BCUT2D eigenvalue weighted by Gasteiger charge is 2.19. The van der Waals surface area contributed by atoms with Crippen molar-refractivity contribution in [3.63, 3.8) is 0 Å². The lowest BCUT2D eigenvalue weighted by atomic mass is 9.98. The molecule has 1 rings (SSSR count). The van der Waals surface area contributed by atoms with Gasteiger partial charge in [0.15, 0.2) is 0 Å². The van der Waals surface area contributed by atoms with Crippen molar-refractivity contribution in [3.8, 4) is 5.75 Å². The van der Waals surface area contributed by atoms with Gasteiger partial charge in [-0.2, -0.15) is 8.78 Å². The molecule has 20 heavy (non-hydrogen) atoms. The maximum absolute atomic E-state index is 12.3. The maximum Gasteiger partial charge on any atom is 0.387 e. The number of halogens is 2. The molecule has 1 aromatic carbocycles. The Morgan fingerprint density at radius 2 is 2.10 bits per heavy atom. The summed E-state index contributed by atoms with van der Waals surface area (Å²) in [6.07, 6.45) is 1.10. The van der Waals surface area contributed by atoms with Crippen LogP contribution in [-0.2, 0) is 11.2 Å². The summed E-state index contributed by atoms with van der Waals surface area (Å²) in [5.41, 5.74) is 6.15. The monoisotopic (exact) mass is 286 g/mol. The Hall–Kier alpha value is -1.69. The van der Waals surface area contributed by atoms with Crippen LogP contribution in [-0.4, -0.2) is 25.6 Å².